The molecule has 2 rings (SSSR count). The number of nitrogens with one attached hydrogen (secondary N) is 2. The molecule has 0 saturated heterocycles. The number of para-hydroxylation sites is 1. The van der Waals surface area contributed by atoms with E-state index in [0.29, 0.717) is 11.3 Å². The number of amides is 2. The molecule has 0 heterocycles. The van der Waals surface area contributed by atoms with Gasteiger partial charge in [0.15, 0.2) is 6.10 Å². The minimum Gasteiger partial charge on any atom is -0.451 e. The van der Waals surface area contributed by atoms with Crippen molar-refractivity contribution < 1.29 is 19.1 Å². The lowest BCUT2D eigenvalue weighted by atomic mass is 10.1. The van der Waals surface area contributed by atoms with Crippen molar-refractivity contribution in [2.75, 3.05) is 5.32 Å². The average Bonchev–Trinajstić information content (AvgIpc) is 2.65. The highest BCUT2D eigenvalue weighted by molar-refractivity contribution is 5.98. The highest BCUT2D eigenvalue weighted by Crippen LogP contribution is 2.19. The summed E-state index contributed by atoms with van der Waals surface area (Å²) in [4.78, 5) is 36.6. The molecule has 0 aliphatic carbocycles. The molecule has 0 saturated carbocycles. The summed E-state index contributed by atoms with van der Waals surface area (Å²) in [5, 5.41) is 5.35. The second kappa shape index (κ2) is 8.98. The monoisotopic (exact) mass is 368 g/mol. The van der Waals surface area contributed by atoms with Crippen LogP contribution in [0, 0.1) is 13.8 Å². The molecule has 0 radical (unpaired) electrons. The highest BCUT2D eigenvalue weighted by atomic mass is 16.5. The van der Waals surface area contributed by atoms with Gasteiger partial charge in [0.2, 0.25) is 0 Å². The Balaban J connectivity index is 1.92. The van der Waals surface area contributed by atoms with E-state index in [2.05, 4.69) is 10.6 Å². The maximum Gasteiger partial charge on any atom is 0.329 e. The zero-order chi connectivity index (χ0) is 20.0. The van der Waals surface area contributed by atoms with Crippen LogP contribution in [0.2, 0.25) is 0 Å². The van der Waals surface area contributed by atoms with E-state index in [-0.39, 0.29) is 5.91 Å². The maximum absolute atomic E-state index is 12.3. The van der Waals surface area contributed by atoms with Gasteiger partial charge in [0.05, 0.1) is 0 Å². The fourth-order valence-electron chi connectivity index (χ4n) is 2.49. The number of carbonyl (C=O) groups excluding carboxylic acids is 3. The third kappa shape index (κ3) is 5.41. The topological polar surface area (TPSA) is 84.5 Å². The molecule has 27 heavy (non-hydrogen) atoms. The first-order chi connectivity index (χ1) is 12.8. The van der Waals surface area contributed by atoms with Gasteiger partial charge in [-0.2, -0.15) is 0 Å². The van der Waals surface area contributed by atoms with Gasteiger partial charge in [0.1, 0.15) is 6.04 Å². The molecule has 142 valence electrons. The van der Waals surface area contributed by atoms with Gasteiger partial charge in [0, 0.05) is 11.3 Å². The molecular formula is C21H24N2O4. The van der Waals surface area contributed by atoms with E-state index in [4.69, 9.17) is 4.74 Å². The SMILES string of the molecule is Cc1cccc(C)c1NC(=O)[C@@H](C)OC(=O)[C@H](C)NC(=O)c1ccccc1. The van der Waals surface area contributed by atoms with Gasteiger partial charge in [-0.3, -0.25) is 9.59 Å². The maximum atomic E-state index is 12.3. The first-order valence-electron chi connectivity index (χ1n) is 8.73. The largest absolute Gasteiger partial charge is 0.451 e. The van der Waals surface area contributed by atoms with Crippen molar-refractivity contribution in [2.24, 2.45) is 0 Å². The molecule has 2 N–H and O–H groups in total. The van der Waals surface area contributed by atoms with E-state index in [1.54, 1.807) is 30.3 Å². The first-order valence-corrected chi connectivity index (χ1v) is 8.73. The van der Waals surface area contributed by atoms with Crippen molar-refractivity contribution in [3.63, 3.8) is 0 Å². The molecule has 0 aromatic heterocycles. The molecular weight excluding hydrogens is 344 g/mol. The Morgan fingerprint density at radius 2 is 1.48 bits per heavy atom. The first kappa shape index (κ1) is 20.2. The van der Waals surface area contributed by atoms with Crippen LogP contribution in [0.15, 0.2) is 48.5 Å². The normalized spacial score (nSPS) is 12.6. The summed E-state index contributed by atoms with van der Waals surface area (Å²) in [6, 6.07) is 13.4. The second-order valence-electron chi connectivity index (χ2n) is 6.40. The van der Waals surface area contributed by atoms with Crippen molar-refractivity contribution in [2.45, 2.75) is 39.8 Å². The predicted octanol–water partition coefficient (Wildman–Crippen LogP) is 2.99. The molecule has 0 spiro atoms. The van der Waals surface area contributed by atoms with Crippen molar-refractivity contribution in [3.05, 3.63) is 65.2 Å². The Bertz CT molecular complexity index is 813. The van der Waals surface area contributed by atoms with E-state index in [9.17, 15) is 14.4 Å². The van der Waals surface area contributed by atoms with Crippen LogP contribution in [-0.4, -0.2) is 29.9 Å². The second-order valence-corrected chi connectivity index (χ2v) is 6.40. The van der Waals surface area contributed by atoms with Crippen molar-refractivity contribution in [1.29, 1.82) is 0 Å². The number of anilines is 1. The molecule has 2 atom stereocenters. The molecule has 0 unspecified atom stereocenters. The van der Waals surface area contributed by atoms with Gasteiger partial charge in [-0.15, -0.1) is 0 Å². The van der Waals surface area contributed by atoms with E-state index in [0.717, 1.165) is 11.1 Å². The number of carbonyl (C=O) groups is 3. The lowest BCUT2D eigenvalue weighted by molar-refractivity contribution is -0.154. The molecule has 0 bridgehead atoms. The summed E-state index contributed by atoms with van der Waals surface area (Å²) in [5.41, 5.74) is 2.99. The van der Waals surface area contributed by atoms with Gasteiger partial charge in [-0.1, -0.05) is 36.4 Å². The molecule has 0 aliphatic heterocycles. The fraction of sp³-hybridized carbons (Fsp3) is 0.286. The van der Waals surface area contributed by atoms with Crippen LogP contribution in [0.5, 0.6) is 0 Å². The molecule has 0 aliphatic rings. The molecule has 2 aromatic carbocycles. The number of aryl methyl sites for hydroxylation is 2. The Morgan fingerprint density at radius 1 is 0.889 bits per heavy atom. The summed E-state index contributed by atoms with van der Waals surface area (Å²) >= 11 is 0. The third-order valence-corrected chi connectivity index (χ3v) is 4.13. The zero-order valence-corrected chi connectivity index (χ0v) is 15.9. The number of benzene rings is 2. The quantitative estimate of drug-likeness (QED) is 0.768. The number of hydrogen-bond acceptors (Lipinski definition) is 4. The van der Waals surface area contributed by atoms with Gasteiger partial charge in [-0.05, 0) is 51.0 Å². The summed E-state index contributed by atoms with van der Waals surface area (Å²) in [7, 11) is 0. The van der Waals surface area contributed by atoms with Gasteiger partial charge in [0.25, 0.3) is 11.8 Å². The van der Waals surface area contributed by atoms with E-state index in [1.165, 1.54) is 13.8 Å². The van der Waals surface area contributed by atoms with E-state index < -0.39 is 24.0 Å². The Labute approximate surface area is 158 Å². The minimum absolute atomic E-state index is 0.382. The standard InChI is InChI=1S/C21H24N2O4/c1-13-9-8-10-14(2)18(13)23-19(24)16(4)27-21(26)15(3)22-20(25)17-11-6-5-7-12-17/h5-12,15-16H,1-4H3,(H,22,25)(H,23,24)/t15-,16+/m0/s1. The lowest BCUT2D eigenvalue weighted by Gasteiger charge is -2.19. The van der Waals surface area contributed by atoms with Crippen LogP contribution >= 0.6 is 0 Å². The van der Waals surface area contributed by atoms with Crippen LogP contribution < -0.4 is 10.6 Å². The molecule has 0 fully saturated rings. The van der Waals surface area contributed by atoms with Crippen LogP contribution in [0.4, 0.5) is 5.69 Å². The molecule has 2 aromatic rings. The Kier molecular flexibility index (Phi) is 6.71. The Hall–Kier alpha value is -3.15. The van der Waals surface area contributed by atoms with Crippen LogP contribution in [0.1, 0.15) is 35.3 Å². The van der Waals surface area contributed by atoms with Crippen LogP contribution in [0.25, 0.3) is 0 Å². The minimum atomic E-state index is -0.993. The predicted molar refractivity (Wildman–Crippen MR) is 103 cm³/mol. The number of esters is 1. The van der Waals surface area contributed by atoms with E-state index >= 15 is 0 Å². The van der Waals surface area contributed by atoms with Crippen LogP contribution in [-0.2, 0) is 14.3 Å². The van der Waals surface area contributed by atoms with Crippen molar-refractivity contribution >= 4 is 23.5 Å². The summed E-state index contributed by atoms with van der Waals surface area (Å²) in [6.07, 6.45) is -0.993. The Morgan fingerprint density at radius 3 is 2.07 bits per heavy atom. The van der Waals surface area contributed by atoms with Gasteiger partial charge in [-0.25, -0.2) is 4.79 Å². The summed E-state index contributed by atoms with van der Waals surface area (Å²) in [5.74, 6) is -1.49. The number of rotatable bonds is 6. The zero-order valence-electron chi connectivity index (χ0n) is 15.9. The van der Waals surface area contributed by atoms with E-state index in [1.807, 2.05) is 32.0 Å². The van der Waals surface area contributed by atoms with Gasteiger partial charge < -0.3 is 15.4 Å². The van der Waals surface area contributed by atoms with Gasteiger partial charge >= 0.3 is 5.97 Å². The molecule has 6 heteroatoms. The fourth-order valence-corrected chi connectivity index (χ4v) is 2.49. The number of ether oxygens (including phenoxy) is 1. The highest BCUT2D eigenvalue weighted by Gasteiger charge is 2.24. The smallest absolute Gasteiger partial charge is 0.329 e. The average molecular weight is 368 g/mol. The van der Waals surface area contributed by atoms with Crippen molar-refractivity contribution in [1.82, 2.24) is 5.32 Å². The van der Waals surface area contributed by atoms with Crippen molar-refractivity contribution in [3.8, 4) is 0 Å². The molecule has 6 nitrogen and oxygen atoms in total. The number of hydrogen-bond donors (Lipinski definition) is 2. The third-order valence-electron chi connectivity index (χ3n) is 4.13. The lowest BCUT2D eigenvalue weighted by Crippen LogP contribution is -2.42. The summed E-state index contributed by atoms with van der Waals surface area (Å²) in [6.45, 7) is 6.78. The summed E-state index contributed by atoms with van der Waals surface area (Å²) < 4.78 is 5.20. The molecule has 2 amide bonds. The van der Waals surface area contributed by atoms with Crippen LogP contribution in [0.3, 0.4) is 0 Å².